The van der Waals surface area contributed by atoms with Crippen LogP contribution in [0.2, 0.25) is 0 Å². The highest BCUT2D eigenvalue weighted by molar-refractivity contribution is 7.93. The summed E-state index contributed by atoms with van der Waals surface area (Å²) in [6, 6.07) is 8.58. The van der Waals surface area contributed by atoms with Gasteiger partial charge in [-0.25, -0.2) is 8.42 Å². The van der Waals surface area contributed by atoms with E-state index < -0.39 is 10.0 Å². The third-order valence-electron chi connectivity index (χ3n) is 2.47. The highest BCUT2D eigenvalue weighted by Gasteiger charge is 2.19. The molecule has 0 saturated heterocycles. The molecular weight excluding hydrogens is 284 g/mol. The Morgan fingerprint density at radius 2 is 2.00 bits per heavy atom. The van der Waals surface area contributed by atoms with Gasteiger partial charge in [0.2, 0.25) is 5.13 Å². The first-order chi connectivity index (χ1) is 9.17. The van der Waals surface area contributed by atoms with Crippen LogP contribution in [-0.4, -0.2) is 23.6 Å². The first kappa shape index (κ1) is 12.0. The van der Waals surface area contributed by atoms with Gasteiger partial charge in [0.05, 0.1) is 5.52 Å². The van der Waals surface area contributed by atoms with Crippen molar-refractivity contribution in [2.75, 3.05) is 4.72 Å². The number of hydrogen-bond acceptors (Lipinski definition) is 6. The van der Waals surface area contributed by atoms with Gasteiger partial charge in [-0.3, -0.25) is 9.71 Å². The van der Waals surface area contributed by atoms with Crippen LogP contribution < -0.4 is 4.72 Å². The Morgan fingerprint density at radius 1 is 1.16 bits per heavy atom. The van der Waals surface area contributed by atoms with Gasteiger partial charge in [-0.2, -0.15) is 0 Å². The molecule has 0 aliphatic rings. The second-order valence-electron chi connectivity index (χ2n) is 3.68. The van der Waals surface area contributed by atoms with Gasteiger partial charge in [-0.15, -0.1) is 10.2 Å². The first-order valence-corrected chi connectivity index (χ1v) is 7.66. The van der Waals surface area contributed by atoms with E-state index >= 15 is 0 Å². The summed E-state index contributed by atoms with van der Waals surface area (Å²) in [5, 5.41) is 8.25. The van der Waals surface area contributed by atoms with Crippen molar-refractivity contribution in [2.45, 2.75) is 4.90 Å². The average Bonchev–Trinajstić information content (AvgIpc) is 2.90. The molecule has 0 spiro atoms. The molecule has 6 nitrogen and oxygen atoms in total. The molecule has 0 fully saturated rings. The topological polar surface area (TPSA) is 84.8 Å². The molecule has 0 aliphatic heterocycles. The largest absolute Gasteiger partial charge is 0.265 e. The van der Waals surface area contributed by atoms with Gasteiger partial charge in [0, 0.05) is 11.6 Å². The summed E-state index contributed by atoms with van der Waals surface area (Å²) in [7, 11) is -3.71. The van der Waals surface area contributed by atoms with E-state index in [4.69, 9.17) is 0 Å². The standard InChI is InChI=1S/C11H8N4O2S2/c16-19(17,15-11-14-13-7-18-11)9-5-1-3-8-4-2-6-12-10(8)9/h1-7H,(H,14,15). The number of pyridine rings is 1. The van der Waals surface area contributed by atoms with Gasteiger partial charge in [-0.1, -0.05) is 29.5 Å². The van der Waals surface area contributed by atoms with Crippen LogP contribution >= 0.6 is 11.3 Å². The minimum absolute atomic E-state index is 0.126. The lowest BCUT2D eigenvalue weighted by Gasteiger charge is -2.07. The Balaban J connectivity index is 2.13. The summed E-state index contributed by atoms with van der Waals surface area (Å²) in [6.45, 7) is 0. The Bertz CT molecular complexity index is 810. The highest BCUT2D eigenvalue weighted by Crippen LogP contribution is 2.23. The number of fused-ring (bicyclic) bond motifs is 1. The zero-order valence-corrected chi connectivity index (χ0v) is 11.1. The zero-order valence-electron chi connectivity index (χ0n) is 9.52. The fraction of sp³-hybridized carbons (Fsp3) is 0. The minimum atomic E-state index is -3.71. The van der Waals surface area contributed by atoms with E-state index in [1.54, 1.807) is 18.3 Å². The summed E-state index contributed by atoms with van der Waals surface area (Å²) >= 11 is 1.12. The molecular formula is C11H8N4O2S2. The van der Waals surface area contributed by atoms with Crippen LogP contribution in [0.1, 0.15) is 0 Å². The van der Waals surface area contributed by atoms with Crippen molar-refractivity contribution in [2.24, 2.45) is 0 Å². The van der Waals surface area contributed by atoms with Crippen LogP contribution in [0.3, 0.4) is 0 Å². The number of nitrogens with zero attached hydrogens (tertiary/aromatic N) is 3. The zero-order chi connectivity index (χ0) is 13.3. The predicted molar refractivity (Wildman–Crippen MR) is 72.5 cm³/mol. The average molecular weight is 292 g/mol. The number of aromatic nitrogens is 3. The van der Waals surface area contributed by atoms with E-state index in [1.165, 1.54) is 11.6 Å². The molecule has 3 rings (SSSR count). The number of nitrogens with one attached hydrogen (secondary N) is 1. The summed E-state index contributed by atoms with van der Waals surface area (Å²) in [5.74, 6) is 0. The Hall–Kier alpha value is -2.06. The summed E-state index contributed by atoms with van der Waals surface area (Å²) in [6.07, 6.45) is 1.56. The first-order valence-electron chi connectivity index (χ1n) is 5.29. The molecule has 1 aromatic carbocycles. The SMILES string of the molecule is O=S(=O)(Nc1nncs1)c1cccc2cccnc12. The van der Waals surface area contributed by atoms with Crippen molar-refractivity contribution in [1.82, 2.24) is 15.2 Å². The van der Waals surface area contributed by atoms with Crippen LogP contribution in [0.5, 0.6) is 0 Å². The maximum Gasteiger partial charge on any atom is 0.265 e. The number of para-hydroxylation sites is 1. The fourth-order valence-corrected chi connectivity index (χ4v) is 3.55. The number of sulfonamides is 1. The van der Waals surface area contributed by atoms with Crippen molar-refractivity contribution in [3.8, 4) is 0 Å². The fourth-order valence-electron chi connectivity index (χ4n) is 1.68. The molecule has 2 heterocycles. The quantitative estimate of drug-likeness (QED) is 0.796. The second-order valence-corrected chi connectivity index (χ2v) is 6.16. The lowest BCUT2D eigenvalue weighted by atomic mass is 10.2. The minimum Gasteiger partial charge on any atom is -0.255 e. The van der Waals surface area contributed by atoms with Crippen LogP contribution in [0.4, 0.5) is 5.13 Å². The molecule has 0 radical (unpaired) electrons. The van der Waals surface area contributed by atoms with Crippen molar-refractivity contribution in [3.63, 3.8) is 0 Å². The van der Waals surface area contributed by atoms with Gasteiger partial charge in [0.1, 0.15) is 10.4 Å². The summed E-state index contributed by atoms with van der Waals surface area (Å²) in [4.78, 5) is 4.25. The van der Waals surface area contributed by atoms with Gasteiger partial charge in [-0.05, 0) is 12.1 Å². The van der Waals surface area contributed by atoms with E-state index in [1.807, 2.05) is 12.1 Å². The predicted octanol–water partition coefficient (Wildman–Crippen LogP) is 1.89. The molecule has 0 unspecified atom stereocenters. The molecule has 0 aliphatic carbocycles. The molecule has 0 atom stereocenters. The Morgan fingerprint density at radius 3 is 2.79 bits per heavy atom. The molecule has 2 aromatic heterocycles. The molecule has 0 bridgehead atoms. The molecule has 0 amide bonds. The molecule has 1 N–H and O–H groups in total. The third-order valence-corrected chi connectivity index (χ3v) is 4.57. The third kappa shape index (κ3) is 2.27. The maximum atomic E-state index is 12.3. The Labute approximate surface area is 113 Å². The van der Waals surface area contributed by atoms with Crippen molar-refractivity contribution in [1.29, 1.82) is 0 Å². The van der Waals surface area contributed by atoms with E-state index in [0.717, 1.165) is 16.7 Å². The van der Waals surface area contributed by atoms with E-state index in [0.29, 0.717) is 5.52 Å². The van der Waals surface area contributed by atoms with Gasteiger partial charge >= 0.3 is 0 Å². The van der Waals surface area contributed by atoms with Crippen molar-refractivity contribution >= 4 is 37.4 Å². The molecule has 8 heteroatoms. The lowest BCUT2D eigenvalue weighted by molar-refractivity contribution is 0.602. The number of benzene rings is 1. The van der Waals surface area contributed by atoms with E-state index in [9.17, 15) is 8.42 Å². The summed E-state index contributed by atoms with van der Waals surface area (Å²) in [5.41, 5.74) is 1.89. The number of rotatable bonds is 3. The van der Waals surface area contributed by atoms with Crippen LogP contribution in [0, 0.1) is 0 Å². The van der Waals surface area contributed by atoms with Gasteiger partial charge in [0.25, 0.3) is 10.0 Å². The monoisotopic (exact) mass is 292 g/mol. The van der Waals surface area contributed by atoms with Crippen molar-refractivity contribution < 1.29 is 8.42 Å². The highest BCUT2D eigenvalue weighted by atomic mass is 32.2. The van der Waals surface area contributed by atoms with E-state index in [-0.39, 0.29) is 10.0 Å². The Kier molecular flexibility index (Phi) is 2.88. The van der Waals surface area contributed by atoms with Crippen LogP contribution in [-0.2, 0) is 10.0 Å². The summed E-state index contributed by atoms with van der Waals surface area (Å²) < 4.78 is 27.0. The van der Waals surface area contributed by atoms with E-state index in [2.05, 4.69) is 19.9 Å². The smallest absolute Gasteiger partial charge is 0.255 e. The second kappa shape index (κ2) is 4.56. The normalized spacial score (nSPS) is 11.6. The maximum absolute atomic E-state index is 12.3. The van der Waals surface area contributed by atoms with Crippen LogP contribution in [0.15, 0.2) is 46.9 Å². The lowest BCUT2D eigenvalue weighted by Crippen LogP contribution is -2.13. The molecule has 0 saturated carbocycles. The number of hydrogen-bond donors (Lipinski definition) is 1. The molecule has 3 aromatic rings. The molecule has 96 valence electrons. The van der Waals surface area contributed by atoms with Gasteiger partial charge < -0.3 is 0 Å². The number of anilines is 1. The van der Waals surface area contributed by atoms with Crippen molar-refractivity contribution in [3.05, 3.63) is 42.0 Å². The molecule has 19 heavy (non-hydrogen) atoms. The van der Waals surface area contributed by atoms with Crippen LogP contribution in [0.25, 0.3) is 10.9 Å². The van der Waals surface area contributed by atoms with Gasteiger partial charge in [0.15, 0.2) is 0 Å².